The van der Waals surface area contributed by atoms with Crippen LogP contribution >= 0.6 is 11.3 Å². The van der Waals surface area contributed by atoms with Gasteiger partial charge in [-0.3, -0.25) is 9.78 Å². The summed E-state index contributed by atoms with van der Waals surface area (Å²) in [5.41, 5.74) is 1.98. The summed E-state index contributed by atoms with van der Waals surface area (Å²) < 4.78 is 0. The van der Waals surface area contributed by atoms with E-state index < -0.39 is 0 Å². The Kier molecular flexibility index (Phi) is 4.49. The summed E-state index contributed by atoms with van der Waals surface area (Å²) in [5.74, 6) is 0.332. The zero-order valence-electron chi connectivity index (χ0n) is 12.5. The summed E-state index contributed by atoms with van der Waals surface area (Å²) in [5, 5.41) is 13.2. The lowest BCUT2D eigenvalue weighted by atomic mass is 10.1. The van der Waals surface area contributed by atoms with Gasteiger partial charge in [0.05, 0.1) is 29.2 Å². The fourth-order valence-electron chi connectivity index (χ4n) is 2.83. The van der Waals surface area contributed by atoms with E-state index >= 15 is 0 Å². The number of rotatable bonds is 4. The molecule has 0 saturated heterocycles. The first-order chi connectivity index (χ1) is 10.7. The van der Waals surface area contributed by atoms with Crippen LogP contribution in [0.25, 0.3) is 0 Å². The molecule has 5 nitrogen and oxygen atoms in total. The topological polar surface area (TPSA) is 75.1 Å². The molecule has 1 saturated carbocycles. The highest BCUT2D eigenvalue weighted by Gasteiger charge is 2.24. The fraction of sp³-hybridized carbons (Fsp3) is 0.438. The Hall–Kier alpha value is -1.79. The zero-order valence-corrected chi connectivity index (χ0v) is 13.3. The highest BCUT2D eigenvalue weighted by molar-refractivity contribution is 7.14. The van der Waals surface area contributed by atoms with Gasteiger partial charge in [0, 0.05) is 17.7 Å². The maximum Gasteiger partial charge on any atom is 0.267 e. The first-order valence-corrected chi connectivity index (χ1v) is 8.33. The van der Waals surface area contributed by atoms with Crippen LogP contribution in [0.15, 0.2) is 18.5 Å². The summed E-state index contributed by atoms with van der Waals surface area (Å²) in [4.78, 5) is 21.7. The van der Waals surface area contributed by atoms with E-state index in [9.17, 15) is 9.90 Å². The smallest absolute Gasteiger partial charge is 0.267 e. The summed E-state index contributed by atoms with van der Waals surface area (Å²) >= 11 is 1.49. The average molecular weight is 317 g/mol. The Bertz CT molecular complexity index is 678. The number of thiazole rings is 1. The van der Waals surface area contributed by atoms with Crippen LogP contribution in [0.2, 0.25) is 0 Å². The normalized spacial score (nSPS) is 15.2. The molecule has 2 aromatic rings. The van der Waals surface area contributed by atoms with Crippen molar-refractivity contribution in [1.82, 2.24) is 9.97 Å². The van der Waals surface area contributed by atoms with Gasteiger partial charge >= 0.3 is 0 Å². The SMILES string of the molecule is Cc1nc(C2CCCC2)sc1C(=O)Nc1cnccc1CO. The van der Waals surface area contributed by atoms with Crippen molar-refractivity contribution in [1.29, 1.82) is 0 Å². The molecule has 0 atom stereocenters. The zero-order chi connectivity index (χ0) is 15.5. The number of carbonyl (C=O) groups excluding carboxylic acids is 1. The summed E-state index contributed by atoms with van der Waals surface area (Å²) in [7, 11) is 0. The Balaban J connectivity index is 1.80. The van der Waals surface area contributed by atoms with E-state index in [1.54, 1.807) is 18.5 Å². The second kappa shape index (κ2) is 6.54. The van der Waals surface area contributed by atoms with E-state index in [-0.39, 0.29) is 12.5 Å². The van der Waals surface area contributed by atoms with E-state index in [1.807, 2.05) is 6.92 Å². The van der Waals surface area contributed by atoms with E-state index in [0.717, 1.165) is 10.7 Å². The minimum atomic E-state index is -0.179. The van der Waals surface area contributed by atoms with Gasteiger partial charge in [0.25, 0.3) is 5.91 Å². The molecule has 0 spiro atoms. The number of aliphatic hydroxyl groups excluding tert-OH is 1. The molecule has 0 aliphatic heterocycles. The van der Waals surface area contributed by atoms with Crippen molar-refractivity contribution in [3.63, 3.8) is 0 Å². The van der Waals surface area contributed by atoms with E-state index in [0.29, 0.717) is 22.0 Å². The Morgan fingerprint density at radius 2 is 2.23 bits per heavy atom. The number of aromatic nitrogens is 2. The molecule has 0 bridgehead atoms. The molecule has 6 heteroatoms. The van der Waals surface area contributed by atoms with E-state index in [2.05, 4.69) is 15.3 Å². The monoisotopic (exact) mass is 317 g/mol. The van der Waals surface area contributed by atoms with Crippen LogP contribution in [-0.2, 0) is 6.61 Å². The number of aliphatic hydroxyl groups is 1. The average Bonchev–Trinajstić information content (AvgIpc) is 3.17. The number of pyridine rings is 1. The molecule has 1 amide bonds. The highest BCUT2D eigenvalue weighted by Crippen LogP contribution is 2.37. The largest absolute Gasteiger partial charge is 0.392 e. The molecule has 0 unspecified atom stereocenters. The van der Waals surface area contributed by atoms with Crippen molar-refractivity contribution < 1.29 is 9.90 Å². The molecule has 1 aliphatic carbocycles. The Morgan fingerprint density at radius 1 is 1.45 bits per heavy atom. The van der Waals surface area contributed by atoms with Gasteiger partial charge in [0.15, 0.2) is 0 Å². The van der Waals surface area contributed by atoms with Gasteiger partial charge in [0.1, 0.15) is 4.88 Å². The van der Waals surface area contributed by atoms with Gasteiger partial charge < -0.3 is 10.4 Å². The molecule has 22 heavy (non-hydrogen) atoms. The van der Waals surface area contributed by atoms with Gasteiger partial charge in [-0.15, -0.1) is 11.3 Å². The van der Waals surface area contributed by atoms with Crippen LogP contribution in [0.3, 0.4) is 0 Å². The second-order valence-electron chi connectivity index (χ2n) is 5.59. The third-order valence-electron chi connectivity index (χ3n) is 4.05. The molecule has 3 rings (SSSR count). The van der Waals surface area contributed by atoms with Gasteiger partial charge in [-0.2, -0.15) is 0 Å². The molecule has 2 N–H and O–H groups in total. The number of nitrogens with zero attached hydrogens (tertiary/aromatic N) is 2. The van der Waals surface area contributed by atoms with Crippen molar-refractivity contribution in [3.05, 3.63) is 39.6 Å². The predicted molar refractivity (Wildman–Crippen MR) is 86.2 cm³/mol. The second-order valence-corrected chi connectivity index (χ2v) is 6.62. The standard InChI is InChI=1S/C16H19N3O2S/c1-10-14(22-16(18-10)11-4-2-3-5-11)15(21)19-13-8-17-7-6-12(13)9-20/h6-8,11,20H,2-5,9H2,1H3,(H,19,21). The first kappa shape index (κ1) is 15.1. The van der Waals surface area contributed by atoms with Crippen LogP contribution in [0, 0.1) is 6.92 Å². The molecule has 116 valence electrons. The van der Waals surface area contributed by atoms with Crippen LogP contribution in [0.5, 0.6) is 0 Å². The maximum atomic E-state index is 12.5. The summed E-state index contributed by atoms with van der Waals surface area (Å²) in [6, 6.07) is 1.69. The quantitative estimate of drug-likeness (QED) is 0.907. The van der Waals surface area contributed by atoms with Crippen molar-refractivity contribution in [2.45, 2.75) is 45.1 Å². The lowest BCUT2D eigenvalue weighted by Gasteiger charge is -2.07. The number of nitrogens with one attached hydrogen (secondary N) is 1. The third kappa shape index (κ3) is 3.03. The predicted octanol–water partition coefficient (Wildman–Crippen LogP) is 3.25. The Morgan fingerprint density at radius 3 is 2.95 bits per heavy atom. The molecular weight excluding hydrogens is 298 g/mol. The Labute approximate surface area is 133 Å². The van der Waals surface area contributed by atoms with Crippen LogP contribution < -0.4 is 5.32 Å². The summed E-state index contributed by atoms with van der Waals surface area (Å²) in [6.45, 7) is 1.74. The molecule has 2 heterocycles. The third-order valence-corrected chi connectivity index (χ3v) is 5.37. The van der Waals surface area contributed by atoms with Crippen LogP contribution in [-0.4, -0.2) is 21.0 Å². The molecule has 1 aliphatic rings. The van der Waals surface area contributed by atoms with Gasteiger partial charge in [-0.25, -0.2) is 4.98 Å². The van der Waals surface area contributed by atoms with Gasteiger partial charge in [-0.1, -0.05) is 12.8 Å². The number of amides is 1. The minimum Gasteiger partial charge on any atom is -0.392 e. The van der Waals surface area contributed by atoms with Gasteiger partial charge in [-0.05, 0) is 25.8 Å². The fourth-order valence-corrected chi connectivity index (χ4v) is 3.96. The summed E-state index contributed by atoms with van der Waals surface area (Å²) in [6.07, 6.45) is 7.99. The minimum absolute atomic E-state index is 0.132. The van der Waals surface area contributed by atoms with Crippen LogP contribution in [0.1, 0.15) is 57.5 Å². The number of carbonyl (C=O) groups is 1. The molecule has 2 aromatic heterocycles. The van der Waals surface area contributed by atoms with Crippen molar-refractivity contribution >= 4 is 22.9 Å². The molecule has 1 fully saturated rings. The molecule has 0 radical (unpaired) electrons. The van der Waals surface area contributed by atoms with E-state index in [1.165, 1.54) is 37.0 Å². The molecular formula is C16H19N3O2S. The maximum absolute atomic E-state index is 12.5. The number of aryl methyl sites for hydroxylation is 1. The van der Waals surface area contributed by atoms with Crippen molar-refractivity contribution in [3.8, 4) is 0 Å². The van der Waals surface area contributed by atoms with Crippen LogP contribution in [0.4, 0.5) is 5.69 Å². The number of hydrogen-bond donors (Lipinski definition) is 2. The number of hydrogen-bond acceptors (Lipinski definition) is 5. The van der Waals surface area contributed by atoms with E-state index in [4.69, 9.17) is 0 Å². The van der Waals surface area contributed by atoms with Crippen molar-refractivity contribution in [2.75, 3.05) is 5.32 Å². The lowest BCUT2D eigenvalue weighted by molar-refractivity contribution is 0.102. The molecule has 0 aromatic carbocycles. The van der Waals surface area contributed by atoms with Gasteiger partial charge in [0.2, 0.25) is 0 Å². The lowest BCUT2D eigenvalue weighted by Crippen LogP contribution is -2.13. The number of anilines is 1. The first-order valence-electron chi connectivity index (χ1n) is 7.51. The van der Waals surface area contributed by atoms with Crippen molar-refractivity contribution in [2.24, 2.45) is 0 Å². The highest BCUT2D eigenvalue weighted by atomic mass is 32.1.